The maximum Gasteiger partial charge on any atom is 0.407 e. The average molecular weight is 625 g/mol. The maximum atomic E-state index is 12.3. The number of anilines is 2. The van der Waals surface area contributed by atoms with E-state index in [4.69, 9.17) is 31.5 Å². The van der Waals surface area contributed by atoms with Gasteiger partial charge in [-0.3, -0.25) is 0 Å². The van der Waals surface area contributed by atoms with Crippen LogP contribution in [0.1, 0.15) is 30.5 Å². The maximum absolute atomic E-state index is 12.3. The SMILES string of the molecule is CN(CCOC(=O)NCc1ccc(COc2cc(Cl)nc(N)n2)cc1)c1ccc(C2=C(C#N)C(=C(C#N)C#N)OC2(C)C)cc1. The van der Waals surface area contributed by atoms with Crippen molar-refractivity contribution in [2.24, 2.45) is 0 Å². The molecule has 3 aromatic rings. The molecule has 4 rings (SSSR count). The Morgan fingerprint density at radius 1 is 1.07 bits per heavy atom. The number of halogens is 1. The lowest BCUT2D eigenvalue weighted by Crippen LogP contribution is -2.29. The van der Waals surface area contributed by atoms with Crippen molar-refractivity contribution in [3.63, 3.8) is 0 Å². The highest BCUT2D eigenvalue weighted by atomic mass is 35.5. The number of nitrogens with one attached hydrogen (secondary N) is 1. The molecule has 0 unspecified atom stereocenters. The van der Waals surface area contributed by atoms with Gasteiger partial charge in [-0.1, -0.05) is 48.0 Å². The topological polar surface area (TPSA) is 183 Å². The van der Waals surface area contributed by atoms with Crippen LogP contribution >= 0.6 is 11.6 Å². The summed E-state index contributed by atoms with van der Waals surface area (Å²) in [6.45, 7) is 4.70. The van der Waals surface area contributed by atoms with E-state index in [0.717, 1.165) is 22.4 Å². The van der Waals surface area contributed by atoms with Crippen LogP contribution in [0.3, 0.4) is 0 Å². The summed E-state index contributed by atoms with van der Waals surface area (Å²) in [4.78, 5) is 21.9. The zero-order chi connectivity index (χ0) is 32.6. The predicted molar refractivity (Wildman–Crippen MR) is 166 cm³/mol. The Labute approximate surface area is 265 Å². The van der Waals surface area contributed by atoms with Gasteiger partial charge in [0.1, 0.15) is 47.7 Å². The zero-order valence-electron chi connectivity index (χ0n) is 24.8. The van der Waals surface area contributed by atoms with Gasteiger partial charge >= 0.3 is 6.09 Å². The molecule has 3 N–H and O–H groups in total. The molecule has 2 aromatic carbocycles. The molecule has 0 saturated carbocycles. The van der Waals surface area contributed by atoms with Gasteiger partial charge in [0.05, 0.1) is 6.54 Å². The zero-order valence-corrected chi connectivity index (χ0v) is 25.6. The first-order chi connectivity index (χ1) is 21.5. The number of aromatic nitrogens is 2. The van der Waals surface area contributed by atoms with E-state index in [1.165, 1.54) is 6.07 Å². The van der Waals surface area contributed by atoms with Crippen molar-refractivity contribution < 1.29 is 19.0 Å². The van der Waals surface area contributed by atoms with Crippen molar-refractivity contribution in [1.29, 1.82) is 15.8 Å². The van der Waals surface area contributed by atoms with Crippen molar-refractivity contribution in [3.05, 3.63) is 93.3 Å². The third kappa shape index (κ3) is 7.99. The number of hydrogen-bond acceptors (Lipinski definition) is 11. The lowest BCUT2D eigenvalue weighted by Gasteiger charge is -2.24. The quantitative estimate of drug-likeness (QED) is 0.227. The normalized spacial score (nSPS) is 13.1. The fourth-order valence-electron chi connectivity index (χ4n) is 4.58. The van der Waals surface area contributed by atoms with Crippen molar-refractivity contribution in [3.8, 4) is 24.1 Å². The number of ether oxygens (including phenoxy) is 3. The second-order valence-electron chi connectivity index (χ2n) is 10.4. The standard InChI is InChI=1S/C32H29ClN8O4/c1-32(2)28(25(17-36)29(45-32)23(15-34)16-35)22-8-10-24(11-9-22)41(3)12-13-43-31(42)38-18-20-4-6-21(7-5-20)19-44-27-14-26(33)39-30(37)40-27/h4-11,14H,12-13,18-19H2,1-3H3,(H,38,42)(H2,37,39,40). The van der Waals surface area contributed by atoms with Crippen LogP contribution in [0.2, 0.25) is 5.15 Å². The van der Waals surface area contributed by atoms with Gasteiger partial charge in [0.2, 0.25) is 11.8 Å². The highest BCUT2D eigenvalue weighted by Gasteiger charge is 2.40. The van der Waals surface area contributed by atoms with Gasteiger partial charge in [-0.15, -0.1) is 0 Å². The molecule has 0 bridgehead atoms. The van der Waals surface area contributed by atoms with Gasteiger partial charge in [-0.05, 0) is 42.7 Å². The first kappa shape index (κ1) is 32.2. The van der Waals surface area contributed by atoms with Gasteiger partial charge in [-0.25, -0.2) is 9.78 Å². The molecule has 0 saturated heterocycles. The third-order valence-corrected chi connectivity index (χ3v) is 6.98. The summed E-state index contributed by atoms with van der Waals surface area (Å²) in [5.74, 6) is 0.305. The fourth-order valence-corrected chi connectivity index (χ4v) is 4.76. The molecule has 0 atom stereocenters. The van der Waals surface area contributed by atoms with Crippen LogP contribution in [0.25, 0.3) is 5.57 Å². The Kier molecular flexibility index (Phi) is 10.1. The Morgan fingerprint density at radius 3 is 2.36 bits per heavy atom. The summed E-state index contributed by atoms with van der Waals surface area (Å²) in [5, 5.41) is 31.3. The monoisotopic (exact) mass is 624 g/mol. The van der Waals surface area contributed by atoms with E-state index >= 15 is 0 Å². The number of carbonyl (C=O) groups is 1. The number of benzene rings is 2. The van der Waals surface area contributed by atoms with Crippen molar-refractivity contribution in [2.75, 3.05) is 30.8 Å². The van der Waals surface area contributed by atoms with E-state index in [9.17, 15) is 20.6 Å². The van der Waals surface area contributed by atoms with E-state index in [-0.39, 0.29) is 53.6 Å². The number of nitrogen functional groups attached to an aromatic ring is 1. The van der Waals surface area contributed by atoms with Gasteiger partial charge in [0.15, 0.2) is 11.3 Å². The van der Waals surface area contributed by atoms with Crippen molar-refractivity contribution in [2.45, 2.75) is 32.6 Å². The first-order valence-electron chi connectivity index (χ1n) is 13.7. The molecule has 12 nitrogen and oxygen atoms in total. The van der Waals surface area contributed by atoms with Crippen LogP contribution in [0.5, 0.6) is 5.88 Å². The number of alkyl carbamates (subject to hydrolysis) is 1. The number of hydrogen-bond donors (Lipinski definition) is 2. The number of likely N-dealkylation sites (N-methyl/N-ethyl adjacent to an activating group) is 1. The molecule has 1 aliphatic heterocycles. The van der Waals surface area contributed by atoms with Crippen molar-refractivity contribution >= 4 is 34.9 Å². The predicted octanol–water partition coefficient (Wildman–Crippen LogP) is 5.04. The van der Waals surface area contributed by atoms with Crippen molar-refractivity contribution in [1.82, 2.24) is 15.3 Å². The van der Waals surface area contributed by atoms with Crippen LogP contribution in [0.4, 0.5) is 16.4 Å². The van der Waals surface area contributed by atoms with Crippen LogP contribution in [0.15, 0.2) is 71.5 Å². The lowest BCUT2D eigenvalue weighted by atomic mass is 9.89. The van der Waals surface area contributed by atoms with E-state index < -0.39 is 11.7 Å². The van der Waals surface area contributed by atoms with E-state index in [1.807, 2.05) is 60.5 Å². The third-order valence-electron chi connectivity index (χ3n) is 6.79. The molecule has 0 fully saturated rings. The minimum absolute atomic E-state index is 0.00198. The Morgan fingerprint density at radius 2 is 1.73 bits per heavy atom. The number of rotatable bonds is 10. The largest absolute Gasteiger partial charge is 0.480 e. The van der Waals surface area contributed by atoms with E-state index in [2.05, 4.69) is 21.4 Å². The molecule has 1 aliphatic rings. The molecule has 45 heavy (non-hydrogen) atoms. The smallest absolute Gasteiger partial charge is 0.407 e. The lowest BCUT2D eigenvalue weighted by molar-refractivity contribution is 0.109. The van der Waals surface area contributed by atoms with Gasteiger partial charge in [-0.2, -0.15) is 20.8 Å². The van der Waals surface area contributed by atoms with Gasteiger partial charge < -0.3 is 30.2 Å². The fraction of sp³-hybridized carbons (Fsp3) is 0.250. The van der Waals surface area contributed by atoms with E-state index in [0.29, 0.717) is 12.1 Å². The second-order valence-corrected chi connectivity index (χ2v) is 10.7. The van der Waals surface area contributed by atoms with Gasteiger partial charge in [0.25, 0.3) is 0 Å². The van der Waals surface area contributed by atoms with Gasteiger partial charge in [0, 0.05) is 30.9 Å². The molecule has 0 aliphatic carbocycles. The number of amides is 1. The molecule has 0 spiro atoms. The van der Waals surface area contributed by atoms with Crippen LogP contribution in [-0.4, -0.2) is 41.9 Å². The summed E-state index contributed by atoms with van der Waals surface area (Å²) < 4.78 is 16.8. The van der Waals surface area contributed by atoms with E-state index in [1.54, 1.807) is 26.0 Å². The molecular weight excluding hydrogens is 596 g/mol. The molecule has 1 aromatic heterocycles. The number of nitriles is 3. The second kappa shape index (κ2) is 14.1. The molecule has 0 radical (unpaired) electrons. The molecule has 2 heterocycles. The summed E-state index contributed by atoms with van der Waals surface area (Å²) in [7, 11) is 1.87. The number of allylic oxidation sites excluding steroid dienone is 2. The molecule has 228 valence electrons. The van der Waals surface area contributed by atoms with Crippen LogP contribution in [-0.2, 0) is 22.6 Å². The highest BCUT2D eigenvalue weighted by molar-refractivity contribution is 6.29. The molecule has 1 amide bonds. The summed E-state index contributed by atoms with van der Waals surface area (Å²) in [6, 6.07) is 22.1. The average Bonchev–Trinajstić information content (AvgIpc) is 3.29. The molecule has 13 heteroatoms. The first-order valence-corrected chi connectivity index (χ1v) is 14.0. The summed E-state index contributed by atoms with van der Waals surface area (Å²) >= 11 is 5.86. The Bertz CT molecular complexity index is 1730. The number of nitrogens with two attached hydrogens (primary N) is 1. The Balaban J connectivity index is 1.25. The summed E-state index contributed by atoms with van der Waals surface area (Å²) in [6.07, 6.45) is -0.540. The molecular formula is C32H29ClN8O4. The highest BCUT2D eigenvalue weighted by Crippen LogP contribution is 2.45. The number of carbonyl (C=O) groups excluding carboxylic acids is 1. The van der Waals surface area contributed by atoms with Crippen LogP contribution in [0, 0.1) is 34.0 Å². The summed E-state index contributed by atoms with van der Waals surface area (Å²) in [5.41, 5.74) is 8.55. The van der Waals surface area contributed by atoms with Crippen LogP contribution < -0.4 is 20.7 Å². The minimum Gasteiger partial charge on any atom is -0.480 e. The minimum atomic E-state index is -0.909. The number of nitrogens with zero attached hydrogens (tertiary/aromatic N) is 6. The Hall–Kier alpha value is -5.77.